The molecule has 0 saturated carbocycles. The summed E-state index contributed by atoms with van der Waals surface area (Å²) in [5.41, 5.74) is 0.107. The lowest BCUT2D eigenvalue weighted by Crippen LogP contribution is -2.01. The van der Waals surface area contributed by atoms with Crippen molar-refractivity contribution in [1.82, 2.24) is 0 Å². The van der Waals surface area contributed by atoms with Gasteiger partial charge in [-0.05, 0) is 36.4 Å². The Bertz CT molecular complexity index is 530. The summed E-state index contributed by atoms with van der Waals surface area (Å²) in [6, 6.07) is 4.51. The molecule has 0 amide bonds. The number of carbonyl (C=O) groups is 2. The van der Waals surface area contributed by atoms with E-state index in [0.717, 1.165) is 18.2 Å². The minimum atomic E-state index is -1.84. The predicted molar refractivity (Wildman–Crippen MR) is 58.3 cm³/mol. The van der Waals surface area contributed by atoms with Crippen LogP contribution in [0.15, 0.2) is 48.0 Å². The van der Waals surface area contributed by atoms with Crippen LogP contribution >= 0.6 is 0 Å². The average Bonchev–Trinajstić information content (AvgIpc) is 2.35. The van der Waals surface area contributed by atoms with E-state index >= 15 is 0 Å². The Balaban J connectivity index is 2.86. The lowest BCUT2D eigenvalue weighted by molar-refractivity contribution is -0.135. The van der Waals surface area contributed by atoms with Gasteiger partial charge in [-0.1, -0.05) is 0 Å². The predicted octanol–water partition coefficient (Wildman–Crippen LogP) is 2.39. The van der Waals surface area contributed by atoms with Gasteiger partial charge in [0.2, 0.25) is 5.76 Å². The average molecular weight is 254 g/mol. The number of aliphatic hydroxyl groups excluding tert-OH is 1. The topological polar surface area (TPSA) is 74.6 Å². The van der Waals surface area contributed by atoms with Crippen LogP contribution in [0.25, 0.3) is 0 Å². The van der Waals surface area contributed by atoms with Gasteiger partial charge < -0.3 is 10.2 Å². The second-order valence-corrected chi connectivity index (χ2v) is 3.21. The number of rotatable bonds is 4. The molecule has 1 aromatic carbocycles. The molecule has 0 radical (unpaired) electrons. The van der Waals surface area contributed by atoms with E-state index in [1.807, 2.05) is 0 Å². The molecule has 0 aromatic heterocycles. The van der Waals surface area contributed by atoms with E-state index in [-0.39, 0.29) is 5.56 Å². The van der Waals surface area contributed by atoms with Crippen molar-refractivity contribution in [1.29, 1.82) is 0 Å². The molecule has 0 unspecified atom stereocenters. The van der Waals surface area contributed by atoms with Crippen molar-refractivity contribution in [2.24, 2.45) is 0 Å². The number of hydrogen-bond acceptors (Lipinski definition) is 3. The smallest absolute Gasteiger partial charge is 0.374 e. The molecule has 94 valence electrons. The highest BCUT2D eigenvalue weighted by Gasteiger charge is 2.10. The van der Waals surface area contributed by atoms with Gasteiger partial charge in [0, 0.05) is 5.56 Å². The van der Waals surface area contributed by atoms with Gasteiger partial charge >= 0.3 is 5.97 Å². The van der Waals surface area contributed by atoms with Crippen molar-refractivity contribution >= 4 is 11.8 Å². The van der Waals surface area contributed by atoms with Gasteiger partial charge in [0.1, 0.15) is 5.82 Å². The fraction of sp³-hybridized carbons (Fsp3) is 0. The zero-order valence-corrected chi connectivity index (χ0v) is 8.93. The minimum absolute atomic E-state index is 0.107. The number of benzene rings is 1. The van der Waals surface area contributed by atoms with Crippen molar-refractivity contribution in [3.05, 3.63) is 59.4 Å². The first-order valence-electron chi connectivity index (χ1n) is 4.72. The molecule has 0 spiro atoms. The Morgan fingerprint density at radius 2 is 1.61 bits per heavy atom. The van der Waals surface area contributed by atoms with Crippen molar-refractivity contribution in [2.45, 2.75) is 0 Å². The van der Waals surface area contributed by atoms with Gasteiger partial charge in [-0.3, -0.25) is 4.79 Å². The Morgan fingerprint density at radius 3 is 2.11 bits per heavy atom. The summed E-state index contributed by atoms with van der Waals surface area (Å²) in [7, 11) is 0. The molecule has 0 aliphatic rings. The third-order valence-electron chi connectivity index (χ3n) is 1.94. The van der Waals surface area contributed by atoms with Crippen LogP contribution in [0.5, 0.6) is 0 Å². The molecule has 6 heteroatoms. The standard InChI is InChI=1S/C12H8F2O4/c13-8-3-1-7(2-4-8)10(15)6-5-9(14)11(16)12(17)18/h1-6,16H,(H,17,18)/b6-5+,11-9+. The van der Waals surface area contributed by atoms with E-state index in [0.29, 0.717) is 6.08 Å². The van der Waals surface area contributed by atoms with Crippen molar-refractivity contribution in [3.8, 4) is 0 Å². The zero-order chi connectivity index (χ0) is 13.7. The van der Waals surface area contributed by atoms with Crippen molar-refractivity contribution in [2.75, 3.05) is 0 Å². The quantitative estimate of drug-likeness (QED) is 0.374. The number of carbonyl (C=O) groups excluding carboxylic acids is 1. The number of aliphatic carboxylic acids is 1. The maximum atomic E-state index is 12.9. The Morgan fingerprint density at radius 1 is 1.06 bits per heavy atom. The molecule has 0 aliphatic carbocycles. The van der Waals surface area contributed by atoms with Crippen molar-refractivity contribution < 1.29 is 28.6 Å². The molecule has 1 rings (SSSR count). The van der Waals surface area contributed by atoms with E-state index in [1.54, 1.807) is 0 Å². The maximum Gasteiger partial charge on any atom is 0.374 e. The van der Waals surface area contributed by atoms with Gasteiger partial charge in [-0.25, -0.2) is 13.6 Å². The van der Waals surface area contributed by atoms with Crippen LogP contribution in [0.3, 0.4) is 0 Å². The maximum absolute atomic E-state index is 12.9. The lowest BCUT2D eigenvalue weighted by Gasteiger charge is -1.95. The van der Waals surface area contributed by atoms with Gasteiger partial charge in [0.15, 0.2) is 11.6 Å². The van der Waals surface area contributed by atoms with Crippen LogP contribution in [0, 0.1) is 5.82 Å². The SMILES string of the molecule is O=C(O)/C(O)=C(F)/C=C/C(=O)c1ccc(F)cc1. The lowest BCUT2D eigenvalue weighted by atomic mass is 10.1. The van der Waals surface area contributed by atoms with Gasteiger partial charge in [-0.2, -0.15) is 0 Å². The van der Waals surface area contributed by atoms with Crippen LogP contribution in [-0.2, 0) is 4.79 Å². The zero-order valence-electron chi connectivity index (χ0n) is 8.93. The van der Waals surface area contributed by atoms with Gasteiger partial charge in [0.05, 0.1) is 0 Å². The third kappa shape index (κ3) is 3.51. The molecular weight excluding hydrogens is 246 g/mol. The van der Waals surface area contributed by atoms with Crippen LogP contribution in [0.4, 0.5) is 8.78 Å². The summed E-state index contributed by atoms with van der Waals surface area (Å²) in [4.78, 5) is 21.6. The highest BCUT2D eigenvalue weighted by atomic mass is 19.1. The number of ketones is 1. The fourth-order valence-electron chi connectivity index (χ4n) is 1.04. The van der Waals surface area contributed by atoms with Crippen LogP contribution < -0.4 is 0 Å². The van der Waals surface area contributed by atoms with E-state index < -0.39 is 29.2 Å². The molecule has 0 bridgehead atoms. The summed E-state index contributed by atoms with van der Waals surface area (Å²) < 4.78 is 25.5. The first-order valence-corrected chi connectivity index (χ1v) is 4.72. The Labute approximate surface area is 100 Å². The molecule has 18 heavy (non-hydrogen) atoms. The van der Waals surface area contributed by atoms with Crippen molar-refractivity contribution in [3.63, 3.8) is 0 Å². The minimum Gasteiger partial charge on any atom is -0.500 e. The molecule has 4 nitrogen and oxygen atoms in total. The van der Waals surface area contributed by atoms with Crippen LogP contribution in [0.1, 0.15) is 10.4 Å². The molecular formula is C12H8F2O4. The monoisotopic (exact) mass is 254 g/mol. The first-order chi connectivity index (χ1) is 8.41. The van der Waals surface area contributed by atoms with E-state index in [9.17, 15) is 18.4 Å². The van der Waals surface area contributed by atoms with Gasteiger partial charge in [-0.15, -0.1) is 0 Å². The summed E-state index contributed by atoms with van der Waals surface area (Å²) in [6.45, 7) is 0. The molecule has 0 saturated heterocycles. The van der Waals surface area contributed by atoms with E-state index in [2.05, 4.69) is 0 Å². The molecule has 0 aliphatic heterocycles. The second kappa shape index (κ2) is 5.72. The summed E-state index contributed by atoms with van der Waals surface area (Å²) in [5.74, 6) is -5.95. The highest BCUT2D eigenvalue weighted by Crippen LogP contribution is 2.08. The van der Waals surface area contributed by atoms with Crippen LogP contribution in [0.2, 0.25) is 0 Å². The van der Waals surface area contributed by atoms with E-state index in [1.165, 1.54) is 12.1 Å². The molecule has 0 fully saturated rings. The molecule has 1 aromatic rings. The molecule has 0 heterocycles. The Kier molecular flexibility index (Phi) is 4.31. The third-order valence-corrected chi connectivity index (χ3v) is 1.94. The van der Waals surface area contributed by atoms with Crippen LogP contribution in [-0.4, -0.2) is 22.0 Å². The summed E-state index contributed by atoms with van der Waals surface area (Å²) in [6.07, 6.45) is 1.26. The number of halogens is 2. The number of carboxylic acid groups (broad SMARTS) is 1. The number of hydrogen-bond donors (Lipinski definition) is 2. The summed E-state index contributed by atoms with van der Waals surface area (Å²) >= 11 is 0. The number of allylic oxidation sites excluding steroid dienone is 3. The number of carboxylic acids is 1. The van der Waals surface area contributed by atoms with Gasteiger partial charge in [0.25, 0.3) is 0 Å². The second-order valence-electron chi connectivity index (χ2n) is 3.21. The fourth-order valence-corrected chi connectivity index (χ4v) is 1.04. The number of aliphatic hydroxyl groups is 1. The normalized spacial score (nSPS) is 12.3. The highest BCUT2D eigenvalue weighted by molar-refractivity contribution is 6.04. The largest absolute Gasteiger partial charge is 0.500 e. The van der Waals surface area contributed by atoms with E-state index in [4.69, 9.17) is 10.2 Å². The summed E-state index contributed by atoms with van der Waals surface area (Å²) in [5, 5.41) is 17.0. The molecule has 2 N–H and O–H groups in total. The Hall–Kier alpha value is -2.50. The first kappa shape index (κ1) is 13.6. The molecule has 0 atom stereocenters.